The summed E-state index contributed by atoms with van der Waals surface area (Å²) in [5.41, 5.74) is 6.09. The first-order valence-electron chi connectivity index (χ1n) is 9.98. The molecular formula is C23H28N2O. The van der Waals surface area contributed by atoms with E-state index in [0.29, 0.717) is 0 Å². The van der Waals surface area contributed by atoms with Gasteiger partial charge in [0.05, 0.1) is 6.04 Å². The van der Waals surface area contributed by atoms with Gasteiger partial charge in [0.15, 0.2) is 0 Å². The van der Waals surface area contributed by atoms with Gasteiger partial charge >= 0.3 is 0 Å². The molecule has 2 aliphatic rings. The number of carbonyl (C=O) groups excluding carboxylic acids is 1. The van der Waals surface area contributed by atoms with Crippen LogP contribution >= 0.6 is 0 Å². The Labute approximate surface area is 156 Å². The monoisotopic (exact) mass is 348 g/mol. The maximum Gasteiger partial charge on any atom is 0.251 e. The third-order valence-electron chi connectivity index (χ3n) is 5.82. The normalized spacial score (nSPS) is 17.7. The first-order chi connectivity index (χ1) is 12.7. The highest BCUT2D eigenvalue weighted by atomic mass is 16.1. The molecule has 3 heteroatoms. The van der Waals surface area contributed by atoms with Gasteiger partial charge in [0.1, 0.15) is 0 Å². The average molecular weight is 348 g/mol. The molecule has 0 saturated carbocycles. The summed E-state index contributed by atoms with van der Waals surface area (Å²) in [5.74, 6) is 0.00296. The van der Waals surface area contributed by atoms with Crippen molar-refractivity contribution in [1.82, 2.24) is 5.32 Å². The van der Waals surface area contributed by atoms with Crippen LogP contribution < -0.4 is 10.2 Å². The summed E-state index contributed by atoms with van der Waals surface area (Å²) in [5, 5.41) is 3.15. The highest BCUT2D eigenvalue weighted by molar-refractivity contribution is 5.94. The fraction of sp³-hybridized carbons (Fsp3) is 0.435. The van der Waals surface area contributed by atoms with Crippen molar-refractivity contribution in [2.24, 2.45) is 0 Å². The number of rotatable bonds is 4. The minimum atomic E-state index is 0.00296. The maximum atomic E-state index is 12.6. The lowest BCUT2D eigenvalue weighted by atomic mass is 10.0. The average Bonchev–Trinajstić information content (AvgIpc) is 3.16. The second-order valence-electron chi connectivity index (χ2n) is 7.67. The molecule has 2 aromatic carbocycles. The van der Waals surface area contributed by atoms with Crippen LogP contribution in [-0.2, 0) is 12.8 Å². The van der Waals surface area contributed by atoms with Crippen molar-refractivity contribution < 1.29 is 4.79 Å². The minimum Gasteiger partial charge on any atom is -0.372 e. The predicted octanol–water partition coefficient (Wildman–Crippen LogP) is 4.66. The first kappa shape index (κ1) is 17.1. The Morgan fingerprint density at radius 3 is 2.42 bits per heavy atom. The SMILES string of the molecule is C[C@H](NC(=O)c1ccc(N2CCCCC2)cc1)c1ccc2c(c1)CCC2. The second-order valence-corrected chi connectivity index (χ2v) is 7.67. The molecule has 3 nitrogen and oxygen atoms in total. The molecule has 0 unspecified atom stereocenters. The number of piperidine rings is 1. The van der Waals surface area contributed by atoms with Crippen LogP contribution in [0.4, 0.5) is 5.69 Å². The quantitative estimate of drug-likeness (QED) is 0.872. The molecule has 1 N–H and O–H groups in total. The van der Waals surface area contributed by atoms with Crippen LogP contribution in [0.5, 0.6) is 0 Å². The van der Waals surface area contributed by atoms with Crippen molar-refractivity contribution in [3.63, 3.8) is 0 Å². The van der Waals surface area contributed by atoms with Crippen molar-refractivity contribution in [2.75, 3.05) is 18.0 Å². The summed E-state index contributed by atoms with van der Waals surface area (Å²) in [6.07, 6.45) is 7.48. The number of benzene rings is 2. The lowest BCUT2D eigenvalue weighted by Crippen LogP contribution is -2.29. The third kappa shape index (κ3) is 3.62. The van der Waals surface area contributed by atoms with Crippen LogP contribution in [0.25, 0.3) is 0 Å². The highest BCUT2D eigenvalue weighted by Crippen LogP contribution is 2.26. The number of fused-ring (bicyclic) bond motifs is 1. The molecule has 1 aliphatic carbocycles. The zero-order chi connectivity index (χ0) is 17.9. The number of amides is 1. The predicted molar refractivity (Wildman–Crippen MR) is 107 cm³/mol. The zero-order valence-corrected chi connectivity index (χ0v) is 15.6. The molecule has 1 aliphatic heterocycles. The van der Waals surface area contributed by atoms with Crippen molar-refractivity contribution >= 4 is 11.6 Å². The molecule has 0 bridgehead atoms. The fourth-order valence-electron chi connectivity index (χ4n) is 4.20. The van der Waals surface area contributed by atoms with E-state index in [1.807, 2.05) is 12.1 Å². The van der Waals surface area contributed by atoms with E-state index in [4.69, 9.17) is 0 Å². The van der Waals surface area contributed by atoms with E-state index in [1.165, 1.54) is 60.9 Å². The van der Waals surface area contributed by atoms with E-state index >= 15 is 0 Å². The number of hydrogen-bond donors (Lipinski definition) is 1. The van der Waals surface area contributed by atoms with Gasteiger partial charge in [-0.2, -0.15) is 0 Å². The first-order valence-corrected chi connectivity index (χ1v) is 9.98. The molecule has 0 aromatic heterocycles. The second kappa shape index (κ2) is 7.53. The number of hydrogen-bond acceptors (Lipinski definition) is 2. The molecule has 1 amide bonds. The molecule has 26 heavy (non-hydrogen) atoms. The molecule has 0 radical (unpaired) electrons. The van der Waals surface area contributed by atoms with Gasteiger partial charge in [-0.15, -0.1) is 0 Å². The van der Waals surface area contributed by atoms with E-state index in [1.54, 1.807) is 0 Å². The number of carbonyl (C=O) groups is 1. The Kier molecular flexibility index (Phi) is 4.96. The van der Waals surface area contributed by atoms with Crippen LogP contribution in [0.1, 0.15) is 65.7 Å². The standard InChI is InChI=1S/C23H28N2O/c1-17(20-9-8-18-6-5-7-21(18)16-20)24-23(26)19-10-12-22(13-11-19)25-14-3-2-4-15-25/h8-13,16-17H,2-7,14-15H2,1H3,(H,24,26)/t17-/m0/s1. The number of nitrogens with zero attached hydrogens (tertiary/aromatic N) is 1. The number of anilines is 1. The summed E-state index contributed by atoms with van der Waals surface area (Å²) in [4.78, 5) is 15.0. The summed E-state index contributed by atoms with van der Waals surface area (Å²) >= 11 is 0. The molecule has 2 aromatic rings. The summed E-state index contributed by atoms with van der Waals surface area (Å²) in [6.45, 7) is 4.32. The fourth-order valence-corrected chi connectivity index (χ4v) is 4.20. The maximum absolute atomic E-state index is 12.6. The van der Waals surface area contributed by atoms with E-state index in [-0.39, 0.29) is 11.9 Å². The van der Waals surface area contributed by atoms with Crippen molar-refractivity contribution in [2.45, 2.75) is 51.5 Å². The van der Waals surface area contributed by atoms with Crippen LogP contribution in [0, 0.1) is 0 Å². The highest BCUT2D eigenvalue weighted by Gasteiger charge is 2.16. The van der Waals surface area contributed by atoms with Gasteiger partial charge in [0.2, 0.25) is 0 Å². The number of aryl methyl sites for hydroxylation is 2. The topological polar surface area (TPSA) is 32.3 Å². The zero-order valence-electron chi connectivity index (χ0n) is 15.6. The molecule has 1 fully saturated rings. The Bertz CT molecular complexity index is 775. The Morgan fingerprint density at radius 2 is 1.65 bits per heavy atom. The van der Waals surface area contributed by atoms with Gasteiger partial charge in [-0.1, -0.05) is 18.2 Å². The van der Waals surface area contributed by atoms with Gasteiger partial charge < -0.3 is 10.2 Å². The van der Waals surface area contributed by atoms with Crippen molar-refractivity contribution in [3.05, 3.63) is 64.7 Å². The molecule has 1 saturated heterocycles. The number of nitrogens with one attached hydrogen (secondary N) is 1. The van der Waals surface area contributed by atoms with E-state index in [9.17, 15) is 4.79 Å². The van der Waals surface area contributed by atoms with E-state index in [0.717, 1.165) is 18.7 Å². The van der Waals surface area contributed by atoms with Gasteiger partial charge in [-0.05, 0) is 86.4 Å². The van der Waals surface area contributed by atoms with Crippen LogP contribution in [0.3, 0.4) is 0 Å². The Hall–Kier alpha value is -2.29. The van der Waals surface area contributed by atoms with Crippen molar-refractivity contribution in [3.8, 4) is 0 Å². The van der Waals surface area contributed by atoms with Crippen LogP contribution in [0.2, 0.25) is 0 Å². The minimum absolute atomic E-state index is 0.00296. The van der Waals surface area contributed by atoms with Gasteiger partial charge in [-0.25, -0.2) is 0 Å². The van der Waals surface area contributed by atoms with Gasteiger partial charge in [-0.3, -0.25) is 4.79 Å². The van der Waals surface area contributed by atoms with E-state index in [2.05, 4.69) is 47.5 Å². The summed E-state index contributed by atoms with van der Waals surface area (Å²) < 4.78 is 0. The molecular weight excluding hydrogens is 320 g/mol. The molecule has 0 spiro atoms. The molecule has 4 rings (SSSR count). The third-order valence-corrected chi connectivity index (χ3v) is 5.82. The molecule has 136 valence electrons. The van der Waals surface area contributed by atoms with Crippen LogP contribution in [-0.4, -0.2) is 19.0 Å². The Morgan fingerprint density at radius 1 is 0.923 bits per heavy atom. The molecule has 1 heterocycles. The lowest BCUT2D eigenvalue weighted by Gasteiger charge is -2.28. The summed E-state index contributed by atoms with van der Waals surface area (Å²) in [7, 11) is 0. The smallest absolute Gasteiger partial charge is 0.251 e. The molecule has 1 atom stereocenters. The van der Waals surface area contributed by atoms with Crippen molar-refractivity contribution in [1.29, 1.82) is 0 Å². The van der Waals surface area contributed by atoms with Gasteiger partial charge in [0, 0.05) is 24.3 Å². The Balaban J connectivity index is 1.41. The largest absolute Gasteiger partial charge is 0.372 e. The van der Waals surface area contributed by atoms with E-state index < -0.39 is 0 Å². The van der Waals surface area contributed by atoms with Gasteiger partial charge in [0.25, 0.3) is 5.91 Å². The summed E-state index contributed by atoms with van der Waals surface area (Å²) in [6, 6.07) is 14.8. The lowest BCUT2D eigenvalue weighted by molar-refractivity contribution is 0.0940. The van der Waals surface area contributed by atoms with Crippen LogP contribution in [0.15, 0.2) is 42.5 Å².